The molecule has 0 atom stereocenters. The highest BCUT2D eigenvalue weighted by atomic mass is 35.5. The van der Waals surface area contributed by atoms with Gasteiger partial charge in [-0.05, 0) is 29.3 Å². The Morgan fingerprint density at radius 2 is 1.95 bits per heavy atom. The summed E-state index contributed by atoms with van der Waals surface area (Å²) in [6.07, 6.45) is 0. The predicted molar refractivity (Wildman–Crippen MR) is 82.7 cm³/mol. The van der Waals surface area contributed by atoms with Gasteiger partial charge in [0.1, 0.15) is 5.82 Å². The minimum atomic E-state index is -0.420. The van der Waals surface area contributed by atoms with Gasteiger partial charge in [0.05, 0.1) is 5.02 Å². The van der Waals surface area contributed by atoms with Crippen LogP contribution in [0.3, 0.4) is 0 Å². The first-order valence-corrected chi connectivity index (χ1v) is 6.94. The lowest BCUT2D eigenvalue weighted by Crippen LogP contribution is -2.15. The van der Waals surface area contributed by atoms with Crippen LogP contribution < -0.4 is 10.6 Å². The average Bonchev–Trinajstić information content (AvgIpc) is 2.44. The average molecular weight is 307 g/mol. The molecule has 0 radical (unpaired) electrons. The van der Waals surface area contributed by atoms with Crippen LogP contribution in [0.15, 0.2) is 42.5 Å². The zero-order chi connectivity index (χ0) is 15.2. The van der Waals surface area contributed by atoms with Crippen LogP contribution in [0.25, 0.3) is 0 Å². The summed E-state index contributed by atoms with van der Waals surface area (Å²) in [6.45, 7) is 2.63. The number of rotatable bonds is 5. The maximum absolute atomic E-state index is 13.1. The molecule has 3 nitrogen and oxygen atoms in total. The molecule has 1 amide bonds. The zero-order valence-electron chi connectivity index (χ0n) is 11.6. The molecule has 0 saturated heterocycles. The quantitative estimate of drug-likeness (QED) is 0.884. The van der Waals surface area contributed by atoms with E-state index in [2.05, 4.69) is 10.6 Å². The number of hydrogen-bond donors (Lipinski definition) is 2. The van der Waals surface area contributed by atoms with E-state index in [0.29, 0.717) is 13.1 Å². The van der Waals surface area contributed by atoms with Crippen LogP contribution in [0.4, 0.5) is 10.1 Å². The van der Waals surface area contributed by atoms with Gasteiger partial charge in [0.2, 0.25) is 5.91 Å². The molecule has 0 spiro atoms. The fraction of sp³-hybridized carbons (Fsp3) is 0.188. The van der Waals surface area contributed by atoms with E-state index in [1.54, 1.807) is 12.1 Å². The molecule has 0 aliphatic carbocycles. The van der Waals surface area contributed by atoms with E-state index in [9.17, 15) is 9.18 Å². The third-order valence-corrected chi connectivity index (χ3v) is 3.25. The van der Waals surface area contributed by atoms with Crippen LogP contribution in [-0.4, -0.2) is 5.91 Å². The second-order valence-electron chi connectivity index (χ2n) is 4.69. The first-order chi connectivity index (χ1) is 10.1. The van der Waals surface area contributed by atoms with Gasteiger partial charge in [0.25, 0.3) is 0 Å². The van der Waals surface area contributed by atoms with Crippen LogP contribution in [0.1, 0.15) is 18.1 Å². The Balaban J connectivity index is 1.97. The third kappa shape index (κ3) is 4.55. The van der Waals surface area contributed by atoms with Gasteiger partial charge >= 0.3 is 0 Å². The van der Waals surface area contributed by atoms with Crippen LogP contribution in [0, 0.1) is 5.82 Å². The Hall–Kier alpha value is -1.91. The second-order valence-corrected chi connectivity index (χ2v) is 5.10. The van der Waals surface area contributed by atoms with Crippen molar-refractivity contribution in [1.29, 1.82) is 0 Å². The Kier molecular flexibility index (Phi) is 5.31. The van der Waals surface area contributed by atoms with E-state index in [0.717, 1.165) is 16.8 Å². The van der Waals surface area contributed by atoms with Gasteiger partial charge in [-0.3, -0.25) is 4.79 Å². The first kappa shape index (κ1) is 15.5. The van der Waals surface area contributed by atoms with Gasteiger partial charge in [0, 0.05) is 25.7 Å². The number of amides is 1. The van der Waals surface area contributed by atoms with Crippen molar-refractivity contribution >= 4 is 23.2 Å². The van der Waals surface area contributed by atoms with E-state index < -0.39 is 5.82 Å². The summed E-state index contributed by atoms with van der Waals surface area (Å²) in [5, 5.41) is 6.15. The predicted octanol–water partition coefficient (Wildman–Crippen LogP) is 3.73. The molecule has 21 heavy (non-hydrogen) atoms. The van der Waals surface area contributed by atoms with Crippen molar-refractivity contribution in [2.75, 3.05) is 5.32 Å². The third-order valence-electron chi connectivity index (χ3n) is 2.96. The largest absolute Gasteiger partial charge is 0.326 e. The van der Waals surface area contributed by atoms with E-state index in [1.807, 2.05) is 24.3 Å². The highest BCUT2D eigenvalue weighted by Gasteiger charge is 2.04. The van der Waals surface area contributed by atoms with E-state index >= 15 is 0 Å². The number of halogens is 2. The molecule has 0 unspecified atom stereocenters. The molecule has 2 N–H and O–H groups in total. The number of anilines is 1. The molecule has 0 aliphatic heterocycles. The Morgan fingerprint density at radius 1 is 1.19 bits per heavy atom. The van der Waals surface area contributed by atoms with Gasteiger partial charge in [-0.2, -0.15) is 0 Å². The summed E-state index contributed by atoms with van der Waals surface area (Å²) in [7, 11) is 0. The molecule has 0 aromatic heterocycles. The normalized spacial score (nSPS) is 10.4. The molecule has 0 heterocycles. The summed E-state index contributed by atoms with van der Waals surface area (Å²) in [4.78, 5) is 11.1. The van der Waals surface area contributed by atoms with Crippen LogP contribution >= 0.6 is 11.6 Å². The minimum absolute atomic E-state index is 0.104. The summed E-state index contributed by atoms with van der Waals surface area (Å²) in [5.41, 5.74) is 2.67. The van der Waals surface area contributed by atoms with Gasteiger partial charge in [0.15, 0.2) is 0 Å². The van der Waals surface area contributed by atoms with Crippen molar-refractivity contribution in [3.8, 4) is 0 Å². The zero-order valence-corrected chi connectivity index (χ0v) is 12.4. The topological polar surface area (TPSA) is 41.1 Å². The maximum Gasteiger partial charge on any atom is 0.221 e. The van der Waals surface area contributed by atoms with Gasteiger partial charge in [-0.25, -0.2) is 4.39 Å². The van der Waals surface area contributed by atoms with Crippen molar-refractivity contribution in [3.05, 3.63) is 64.4 Å². The first-order valence-electron chi connectivity index (χ1n) is 6.56. The number of benzene rings is 2. The molecule has 110 valence electrons. The molecule has 0 bridgehead atoms. The lowest BCUT2D eigenvalue weighted by molar-refractivity contribution is -0.114. The van der Waals surface area contributed by atoms with Gasteiger partial charge in [-0.15, -0.1) is 0 Å². The summed E-state index contributed by atoms with van der Waals surface area (Å²) in [6, 6.07) is 12.2. The monoisotopic (exact) mass is 306 g/mol. The van der Waals surface area contributed by atoms with E-state index in [-0.39, 0.29) is 10.9 Å². The summed E-state index contributed by atoms with van der Waals surface area (Å²) >= 11 is 5.74. The Bertz CT molecular complexity index is 646. The van der Waals surface area contributed by atoms with Gasteiger partial charge < -0.3 is 10.6 Å². The molecule has 2 rings (SSSR count). The highest BCUT2D eigenvalue weighted by molar-refractivity contribution is 6.30. The van der Waals surface area contributed by atoms with Crippen LogP contribution in [0.2, 0.25) is 5.02 Å². The lowest BCUT2D eigenvalue weighted by atomic mass is 10.1. The molecule has 2 aromatic carbocycles. The van der Waals surface area contributed by atoms with E-state index in [1.165, 1.54) is 13.0 Å². The van der Waals surface area contributed by atoms with Crippen molar-refractivity contribution in [1.82, 2.24) is 5.32 Å². The number of carbonyl (C=O) groups is 1. The minimum Gasteiger partial charge on any atom is -0.326 e. The molecule has 5 heteroatoms. The lowest BCUT2D eigenvalue weighted by Gasteiger charge is -2.11. The van der Waals surface area contributed by atoms with Crippen molar-refractivity contribution < 1.29 is 9.18 Å². The standard InChI is InChI=1S/C16H16ClFN2O/c1-11(21)20-16-5-3-2-4-13(16)10-19-9-12-6-7-15(18)14(17)8-12/h2-8,19H,9-10H2,1H3,(H,20,21). The molecular weight excluding hydrogens is 291 g/mol. The van der Waals surface area contributed by atoms with Crippen molar-refractivity contribution in [2.45, 2.75) is 20.0 Å². The van der Waals surface area contributed by atoms with E-state index in [4.69, 9.17) is 11.6 Å². The second kappa shape index (κ2) is 7.20. The molecule has 2 aromatic rings. The van der Waals surface area contributed by atoms with Crippen molar-refractivity contribution in [2.24, 2.45) is 0 Å². The van der Waals surface area contributed by atoms with Crippen molar-refractivity contribution in [3.63, 3.8) is 0 Å². The van der Waals surface area contributed by atoms with Crippen LogP contribution in [-0.2, 0) is 17.9 Å². The fourth-order valence-corrected chi connectivity index (χ4v) is 2.18. The van der Waals surface area contributed by atoms with Crippen LogP contribution in [0.5, 0.6) is 0 Å². The number of carbonyl (C=O) groups excluding carboxylic acids is 1. The molecule has 0 aliphatic rings. The highest BCUT2D eigenvalue weighted by Crippen LogP contribution is 2.17. The maximum atomic E-state index is 13.1. The fourth-order valence-electron chi connectivity index (χ4n) is 1.98. The Morgan fingerprint density at radius 3 is 2.67 bits per heavy atom. The smallest absolute Gasteiger partial charge is 0.221 e. The Labute approximate surface area is 128 Å². The summed E-state index contributed by atoms with van der Waals surface area (Å²) in [5.74, 6) is -0.524. The molecular formula is C16H16ClFN2O. The number of hydrogen-bond acceptors (Lipinski definition) is 2. The van der Waals surface area contributed by atoms with Gasteiger partial charge in [-0.1, -0.05) is 35.9 Å². The SMILES string of the molecule is CC(=O)Nc1ccccc1CNCc1ccc(F)c(Cl)c1. The number of para-hydroxylation sites is 1. The summed E-state index contributed by atoms with van der Waals surface area (Å²) < 4.78 is 13.1. The molecule has 0 fully saturated rings. The molecule has 0 saturated carbocycles. The number of nitrogens with one attached hydrogen (secondary N) is 2.